The highest BCUT2D eigenvalue weighted by molar-refractivity contribution is 6.35. The number of nitrogens with one attached hydrogen (secondary N) is 1. The van der Waals surface area contributed by atoms with Gasteiger partial charge in [-0.2, -0.15) is 0 Å². The van der Waals surface area contributed by atoms with E-state index in [9.17, 15) is 4.79 Å². The third kappa shape index (κ3) is 3.08. The fourth-order valence-corrected chi connectivity index (χ4v) is 2.10. The lowest BCUT2D eigenvalue weighted by Crippen LogP contribution is -2.10. The second-order valence-corrected chi connectivity index (χ2v) is 4.98. The Morgan fingerprint density at radius 3 is 2.55 bits per heavy atom. The summed E-state index contributed by atoms with van der Waals surface area (Å²) in [4.78, 5) is 15.1. The van der Waals surface area contributed by atoms with Crippen molar-refractivity contribution in [3.8, 4) is 0 Å². The number of halogens is 1. The number of aromatic carboxylic acids is 1. The highest BCUT2D eigenvalue weighted by atomic mass is 35.5. The number of carboxylic acids is 1. The zero-order chi connectivity index (χ0) is 14.7. The van der Waals surface area contributed by atoms with Gasteiger partial charge in [-0.05, 0) is 25.5 Å². The molecule has 4 nitrogen and oxygen atoms in total. The third-order valence-corrected chi connectivity index (χ3v) is 3.43. The number of aromatic nitrogens is 1. The Hall–Kier alpha value is -2.07. The van der Waals surface area contributed by atoms with Crippen LogP contribution in [0.3, 0.4) is 0 Å². The average Bonchev–Trinajstić information content (AvgIpc) is 2.41. The van der Waals surface area contributed by atoms with E-state index in [-0.39, 0.29) is 16.6 Å². The second-order valence-electron chi connectivity index (χ2n) is 4.60. The van der Waals surface area contributed by atoms with Gasteiger partial charge >= 0.3 is 5.97 Å². The Kier molecular flexibility index (Phi) is 4.25. The van der Waals surface area contributed by atoms with Crippen LogP contribution in [-0.2, 0) is 0 Å². The van der Waals surface area contributed by atoms with Crippen LogP contribution in [-0.4, -0.2) is 16.1 Å². The summed E-state index contributed by atoms with van der Waals surface area (Å²) in [5.41, 5.74) is 2.31. The Labute approximate surface area is 122 Å². The monoisotopic (exact) mass is 290 g/mol. The van der Waals surface area contributed by atoms with Crippen LogP contribution >= 0.6 is 11.6 Å². The molecule has 0 saturated carbocycles. The van der Waals surface area contributed by atoms with Crippen molar-refractivity contribution in [3.63, 3.8) is 0 Å². The molecule has 0 fully saturated rings. The smallest absolute Gasteiger partial charge is 0.337 e. The molecule has 0 spiro atoms. The minimum absolute atomic E-state index is 0.0235. The van der Waals surface area contributed by atoms with Gasteiger partial charge in [-0.1, -0.05) is 41.4 Å². The van der Waals surface area contributed by atoms with Crippen LogP contribution < -0.4 is 5.32 Å². The van der Waals surface area contributed by atoms with Crippen LogP contribution in [0.2, 0.25) is 5.02 Å². The van der Waals surface area contributed by atoms with Gasteiger partial charge in [-0.25, -0.2) is 9.78 Å². The highest BCUT2D eigenvalue weighted by Gasteiger charge is 2.15. The molecular weight excluding hydrogens is 276 g/mol. The molecule has 0 aliphatic carbocycles. The van der Waals surface area contributed by atoms with Gasteiger partial charge in [0.1, 0.15) is 5.82 Å². The van der Waals surface area contributed by atoms with Crippen molar-refractivity contribution in [3.05, 3.63) is 58.2 Å². The number of carbonyl (C=O) groups is 1. The Bertz CT molecular complexity index is 626. The summed E-state index contributed by atoms with van der Waals surface area (Å²) in [7, 11) is 0. The fraction of sp³-hybridized carbons (Fsp3) is 0.200. The molecule has 2 N–H and O–H groups in total. The molecule has 1 aromatic carbocycles. The predicted molar refractivity (Wildman–Crippen MR) is 79.4 cm³/mol. The van der Waals surface area contributed by atoms with Gasteiger partial charge in [0.15, 0.2) is 0 Å². The van der Waals surface area contributed by atoms with Crippen LogP contribution in [0, 0.1) is 6.92 Å². The van der Waals surface area contributed by atoms with Gasteiger partial charge in [-0.15, -0.1) is 0 Å². The van der Waals surface area contributed by atoms with E-state index >= 15 is 0 Å². The largest absolute Gasteiger partial charge is 0.478 e. The summed E-state index contributed by atoms with van der Waals surface area (Å²) in [5, 5.41) is 12.3. The maximum Gasteiger partial charge on any atom is 0.337 e. The minimum Gasteiger partial charge on any atom is -0.478 e. The summed E-state index contributed by atoms with van der Waals surface area (Å²) >= 11 is 6.05. The SMILES string of the molecule is Cc1ccc(C(C)Nc2nccc(C(=O)O)c2Cl)cc1. The molecule has 1 heterocycles. The molecule has 0 aliphatic heterocycles. The molecule has 1 atom stereocenters. The van der Waals surface area contributed by atoms with E-state index in [4.69, 9.17) is 16.7 Å². The Morgan fingerprint density at radius 1 is 1.30 bits per heavy atom. The van der Waals surface area contributed by atoms with Crippen LogP contribution in [0.5, 0.6) is 0 Å². The van der Waals surface area contributed by atoms with Gasteiger partial charge in [0, 0.05) is 12.2 Å². The summed E-state index contributed by atoms with van der Waals surface area (Å²) in [6.45, 7) is 3.99. The van der Waals surface area contributed by atoms with E-state index in [1.807, 2.05) is 38.1 Å². The number of rotatable bonds is 4. The van der Waals surface area contributed by atoms with Crippen LogP contribution in [0.25, 0.3) is 0 Å². The number of benzene rings is 1. The van der Waals surface area contributed by atoms with Crippen LogP contribution in [0.1, 0.15) is 34.5 Å². The number of anilines is 1. The number of hydrogen-bond acceptors (Lipinski definition) is 3. The standard InChI is InChI=1S/C15H15ClN2O2/c1-9-3-5-11(6-4-9)10(2)18-14-13(16)12(15(19)20)7-8-17-14/h3-8,10H,1-2H3,(H,17,18)(H,19,20). The van der Waals surface area contributed by atoms with Crippen molar-refractivity contribution in [2.45, 2.75) is 19.9 Å². The first-order valence-corrected chi connectivity index (χ1v) is 6.57. The van der Waals surface area contributed by atoms with Gasteiger partial charge in [0.05, 0.1) is 10.6 Å². The number of pyridine rings is 1. The van der Waals surface area contributed by atoms with Crippen molar-refractivity contribution in [1.82, 2.24) is 4.98 Å². The topological polar surface area (TPSA) is 62.2 Å². The molecule has 1 aromatic heterocycles. The zero-order valence-corrected chi connectivity index (χ0v) is 12.0. The molecule has 1 unspecified atom stereocenters. The summed E-state index contributed by atoms with van der Waals surface area (Å²) in [6.07, 6.45) is 1.43. The first-order valence-electron chi connectivity index (χ1n) is 6.20. The number of carboxylic acid groups (broad SMARTS) is 1. The lowest BCUT2D eigenvalue weighted by Gasteiger charge is -2.16. The first-order chi connectivity index (χ1) is 9.49. The van der Waals surface area contributed by atoms with E-state index in [2.05, 4.69) is 10.3 Å². The Morgan fingerprint density at radius 2 is 1.95 bits per heavy atom. The summed E-state index contributed by atoms with van der Waals surface area (Å²) in [6, 6.07) is 9.44. The maximum atomic E-state index is 11.0. The molecule has 0 bridgehead atoms. The molecule has 0 aliphatic rings. The van der Waals surface area contributed by atoms with Crippen LogP contribution in [0.15, 0.2) is 36.5 Å². The number of aryl methyl sites for hydroxylation is 1. The third-order valence-electron chi connectivity index (χ3n) is 3.05. The Balaban J connectivity index is 2.23. The second kappa shape index (κ2) is 5.92. The van der Waals surface area contributed by atoms with E-state index in [0.717, 1.165) is 5.56 Å². The van der Waals surface area contributed by atoms with Crippen molar-refractivity contribution in [2.75, 3.05) is 5.32 Å². The number of hydrogen-bond donors (Lipinski definition) is 2. The van der Waals surface area contributed by atoms with Gasteiger partial charge in [0.25, 0.3) is 0 Å². The molecule has 20 heavy (non-hydrogen) atoms. The molecule has 2 aromatic rings. The molecule has 0 amide bonds. The molecule has 2 rings (SSSR count). The van der Waals surface area contributed by atoms with Crippen LogP contribution in [0.4, 0.5) is 5.82 Å². The van der Waals surface area contributed by atoms with Crippen molar-refractivity contribution >= 4 is 23.4 Å². The lowest BCUT2D eigenvalue weighted by atomic mass is 10.1. The van der Waals surface area contributed by atoms with Crippen molar-refractivity contribution in [1.29, 1.82) is 0 Å². The molecule has 5 heteroatoms. The first kappa shape index (κ1) is 14.3. The van der Waals surface area contributed by atoms with E-state index in [1.165, 1.54) is 17.8 Å². The van der Waals surface area contributed by atoms with Gasteiger partial charge in [-0.3, -0.25) is 0 Å². The van der Waals surface area contributed by atoms with Crippen molar-refractivity contribution < 1.29 is 9.90 Å². The highest BCUT2D eigenvalue weighted by Crippen LogP contribution is 2.27. The lowest BCUT2D eigenvalue weighted by molar-refractivity contribution is 0.0697. The molecule has 0 radical (unpaired) electrons. The molecular formula is C15H15ClN2O2. The molecule has 104 valence electrons. The average molecular weight is 291 g/mol. The van der Waals surface area contributed by atoms with Gasteiger partial charge in [0.2, 0.25) is 0 Å². The van der Waals surface area contributed by atoms with E-state index < -0.39 is 5.97 Å². The van der Waals surface area contributed by atoms with E-state index in [1.54, 1.807) is 0 Å². The normalized spacial score (nSPS) is 11.9. The summed E-state index contributed by atoms with van der Waals surface area (Å²) < 4.78 is 0. The minimum atomic E-state index is -1.07. The fourth-order valence-electron chi connectivity index (χ4n) is 1.85. The quantitative estimate of drug-likeness (QED) is 0.896. The summed E-state index contributed by atoms with van der Waals surface area (Å²) in [5.74, 6) is -0.692. The number of nitrogens with zero attached hydrogens (tertiary/aromatic N) is 1. The van der Waals surface area contributed by atoms with E-state index in [0.29, 0.717) is 5.82 Å². The maximum absolute atomic E-state index is 11.0. The van der Waals surface area contributed by atoms with Gasteiger partial charge < -0.3 is 10.4 Å². The zero-order valence-electron chi connectivity index (χ0n) is 11.2. The predicted octanol–water partition coefficient (Wildman–Crippen LogP) is 3.91. The van der Waals surface area contributed by atoms with Crippen molar-refractivity contribution in [2.24, 2.45) is 0 Å². The molecule has 0 saturated heterocycles.